The lowest BCUT2D eigenvalue weighted by atomic mass is 9.90. The van der Waals surface area contributed by atoms with Gasteiger partial charge in [-0.1, -0.05) is 13.3 Å². The van der Waals surface area contributed by atoms with Crippen LogP contribution in [0.5, 0.6) is 0 Å². The van der Waals surface area contributed by atoms with Crippen LogP contribution in [0.2, 0.25) is 0 Å². The third-order valence-electron chi connectivity index (χ3n) is 4.43. The van der Waals surface area contributed by atoms with Crippen molar-refractivity contribution < 1.29 is 4.74 Å². The summed E-state index contributed by atoms with van der Waals surface area (Å²) in [7, 11) is 2.30. The van der Waals surface area contributed by atoms with Crippen molar-refractivity contribution in [3.05, 3.63) is 0 Å². The zero-order valence-corrected chi connectivity index (χ0v) is 11.5. The van der Waals surface area contributed by atoms with Crippen LogP contribution in [0.15, 0.2) is 0 Å². The second-order valence-corrected chi connectivity index (χ2v) is 5.82. The Morgan fingerprint density at radius 1 is 1.35 bits per heavy atom. The fourth-order valence-electron chi connectivity index (χ4n) is 3.51. The van der Waals surface area contributed by atoms with E-state index in [2.05, 4.69) is 24.2 Å². The second kappa shape index (κ2) is 6.17. The maximum Gasteiger partial charge on any atom is 0.0480 e. The Morgan fingerprint density at radius 3 is 2.71 bits per heavy atom. The standard InChI is InChI=1S/C14H28N2O/c1-3-7-14(8-4-9-15-14)12-16(2)13-5-10-17-11-6-13/h13,15H,3-12H2,1-2H3. The largest absolute Gasteiger partial charge is 0.381 e. The molecule has 0 aromatic carbocycles. The zero-order valence-electron chi connectivity index (χ0n) is 11.5. The van der Waals surface area contributed by atoms with E-state index < -0.39 is 0 Å². The molecule has 0 saturated carbocycles. The van der Waals surface area contributed by atoms with Gasteiger partial charge < -0.3 is 15.0 Å². The summed E-state index contributed by atoms with van der Waals surface area (Å²) >= 11 is 0. The maximum atomic E-state index is 5.45. The van der Waals surface area contributed by atoms with E-state index in [0.717, 1.165) is 19.3 Å². The van der Waals surface area contributed by atoms with Crippen LogP contribution in [0.25, 0.3) is 0 Å². The Hall–Kier alpha value is -0.120. The third-order valence-corrected chi connectivity index (χ3v) is 4.43. The first-order valence-electron chi connectivity index (χ1n) is 7.29. The van der Waals surface area contributed by atoms with Crippen molar-refractivity contribution in [1.29, 1.82) is 0 Å². The van der Waals surface area contributed by atoms with Crippen LogP contribution in [0.4, 0.5) is 0 Å². The molecule has 1 N–H and O–H groups in total. The number of nitrogens with one attached hydrogen (secondary N) is 1. The Labute approximate surface area is 106 Å². The Balaban J connectivity index is 1.88. The number of ether oxygens (including phenoxy) is 1. The van der Waals surface area contributed by atoms with E-state index >= 15 is 0 Å². The van der Waals surface area contributed by atoms with E-state index in [4.69, 9.17) is 4.74 Å². The second-order valence-electron chi connectivity index (χ2n) is 5.82. The maximum absolute atomic E-state index is 5.45. The first-order valence-corrected chi connectivity index (χ1v) is 7.29. The number of likely N-dealkylation sites (N-methyl/N-ethyl adjacent to an activating group) is 1. The van der Waals surface area contributed by atoms with Gasteiger partial charge in [0.2, 0.25) is 0 Å². The minimum Gasteiger partial charge on any atom is -0.381 e. The van der Waals surface area contributed by atoms with E-state index in [9.17, 15) is 0 Å². The molecule has 2 aliphatic heterocycles. The molecule has 1 atom stereocenters. The molecule has 2 fully saturated rings. The quantitative estimate of drug-likeness (QED) is 0.795. The molecule has 0 radical (unpaired) electrons. The predicted molar refractivity (Wildman–Crippen MR) is 71.3 cm³/mol. The highest BCUT2D eigenvalue weighted by Crippen LogP contribution is 2.27. The van der Waals surface area contributed by atoms with E-state index in [0.29, 0.717) is 5.54 Å². The van der Waals surface area contributed by atoms with Gasteiger partial charge in [-0.3, -0.25) is 0 Å². The number of nitrogens with zero attached hydrogens (tertiary/aromatic N) is 1. The summed E-state index contributed by atoms with van der Waals surface area (Å²) in [4.78, 5) is 2.58. The highest BCUT2D eigenvalue weighted by molar-refractivity contribution is 4.95. The molecule has 2 aliphatic rings. The van der Waals surface area contributed by atoms with E-state index in [1.54, 1.807) is 0 Å². The predicted octanol–water partition coefficient (Wildman–Crippen LogP) is 2.02. The summed E-state index contributed by atoms with van der Waals surface area (Å²) < 4.78 is 5.45. The zero-order chi connectivity index (χ0) is 12.1. The normalized spacial score (nSPS) is 31.2. The SMILES string of the molecule is CCCC1(CN(C)C2CCOCC2)CCCN1. The van der Waals surface area contributed by atoms with Crippen LogP contribution >= 0.6 is 0 Å². The molecule has 0 aliphatic carbocycles. The molecule has 0 spiro atoms. The highest BCUT2D eigenvalue weighted by atomic mass is 16.5. The molecule has 0 bridgehead atoms. The van der Waals surface area contributed by atoms with Crippen LogP contribution in [-0.2, 0) is 4.74 Å². The van der Waals surface area contributed by atoms with Gasteiger partial charge in [0.05, 0.1) is 0 Å². The van der Waals surface area contributed by atoms with Crippen LogP contribution in [0.3, 0.4) is 0 Å². The van der Waals surface area contributed by atoms with E-state index in [1.165, 1.54) is 51.6 Å². The molecule has 2 heterocycles. The van der Waals surface area contributed by atoms with Gasteiger partial charge in [0.1, 0.15) is 0 Å². The van der Waals surface area contributed by atoms with Gasteiger partial charge in [0.15, 0.2) is 0 Å². The van der Waals surface area contributed by atoms with Crippen LogP contribution < -0.4 is 5.32 Å². The molecule has 0 amide bonds. The van der Waals surface area contributed by atoms with Gasteiger partial charge in [-0.05, 0) is 45.7 Å². The molecule has 2 rings (SSSR count). The van der Waals surface area contributed by atoms with Crippen LogP contribution in [-0.4, -0.2) is 49.8 Å². The average Bonchev–Trinajstić information content (AvgIpc) is 2.79. The number of hydrogen-bond donors (Lipinski definition) is 1. The topological polar surface area (TPSA) is 24.5 Å². The van der Waals surface area contributed by atoms with Gasteiger partial charge in [0, 0.05) is 31.3 Å². The molecule has 0 aromatic heterocycles. The van der Waals surface area contributed by atoms with Gasteiger partial charge in [-0.25, -0.2) is 0 Å². The van der Waals surface area contributed by atoms with Crippen LogP contribution in [0, 0.1) is 0 Å². The Bertz CT molecular complexity index is 220. The van der Waals surface area contributed by atoms with E-state index in [-0.39, 0.29) is 0 Å². The van der Waals surface area contributed by atoms with Crippen LogP contribution in [0.1, 0.15) is 45.4 Å². The first kappa shape index (κ1) is 13.3. The summed E-state index contributed by atoms with van der Waals surface area (Å²) in [5.74, 6) is 0. The smallest absolute Gasteiger partial charge is 0.0480 e. The molecule has 0 aromatic rings. The minimum atomic E-state index is 0.405. The van der Waals surface area contributed by atoms with Crippen molar-refractivity contribution in [3.8, 4) is 0 Å². The molecule has 3 nitrogen and oxygen atoms in total. The van der Waals surface area contributed by atoms with Crippen molar-refractivity contribution >= 4 is 0 Å². The molecular formula is C14H28N2O. The molecule has 100 valence electrons. The van der Waals surface area contributed by atoms with Gasteiger partial charge in [0.25, 0.3) is 0 Å². The van der Waals surface area contributed by atoms with Crippen molar-refractivity contribution in [2.75, 3.05) is 33.4 Å². The molecular weight excluding hydrogens is 212 g/mol. The third kappa shape index (κ3) is 3.43. The van der Waals surface area contributed by atoms with Crippen molar-refractivity contribution in [1.82, 2.24) is 10.2 Å². The van der Waals surface area contributed by atoms with Crippen molar-refractivity contribution in [2.24, 2.45) is 0 Å². The molecule has 3 heteroatoms. The van der Waals surface area contributed by atoms with Crippen molar-refractivity contribution in [2.45, 2.75) is 57.0 Å². The Kier molecular flexibility index (Phi) is 4.83. The summed E-state index contributed by atoms with van der Waals surface area (Å²) in [5, 5.41) is 3.77. The lowest BCUT2D eigenvalue weighted by molar-refractivity contribution is 0.0336. The monoisotopic (exact) mass is 240 g/mol. The molecule has 17 heavy (non-hydrogen) atoms. The highest BCUT2D eigenvalue weighted by Gasteiger charge is 2.35. The summed E-state index contributed by atoms with van der Waals surface area (Å²) in [5.41, 5.74) is 0.405. The Morgan fingerprint density at radius 2 is 2.12 bits per heavy atom. The number of hydrogen-bond acceptors (Lipinski definition) is 3. The summed E-state index contributed by atoms with van der Waals surface area (Å²) in [6, 6.07) is 0.736. The van der Waals surface area contributed by atoms with E-state index in [1.807, 2.05) is 0 Å². The molecule has 1 unspecified atom stereocenters. The van der Waals surface area contributed by atoms with Gasteiger partial charge >= 0.3 is 0 Å². The molecule has 2 saturated heterocycles. The summed E-state index contributed by atoms with van der Waals surface area (Å²) in [6.07, 6.45) is 7.72. The van der Waals surface area contributed by atoms with Crippen molar-refractivity contribution in [3.63, 3.8) is 0 Å². The fraction of sp³-hybridized carbons (Fsp3) is 1.00. The minimum absolute atomic E-state index is 0.405. The summed E-state index contributed by atoms with van der Waals surface area (Å²) in [6.45, 7) is 6.62. The average molecular weight is 240 g/mol. The lowest BCUT2D eigenvalue weighted by Gasteiger charge is -2.39. The first-order chi connectivity index (χ1) is 8.26. The lowest BCUT2D eigenvalue weighted by Crippen LogP contribution is -2.52. The van der Waals surface area contributed by atoms with Gasteiger partial charge in [-0.15, -0.1) is 0 Å². The van der Waals surface area contributed by atoms with Gasteiger partial charge in [-0.2, -0.15) is 0 Å². The number of rotatable bonds is 5. The fourth-order valence-corrected chi connectivity index (χ4v) is 3.51.